The monoisotopic (exact) mass is 777 g/mol. The molecule has 0 aliphatic heterocycles. The van der Waals surface area contributed by atoms with Crippen LogP contribution in [-0.4, -0.2) is 83.2 Å². The van der Waals surface area contributed by atoms with Crippen LogP contribution in [0.1, 0.15) is 143 Å². The van der Waals surface area contributed by atoms with E-state index in [1.54, 1.807) is 14.0 Å². The summed E-state index contributed by atoms with van der Waals surface area (Å²) in [5, 5.41) is 9.14. The number of unbranched alkanes of at least 4 members (excludes halogenated alkanes) is 2. The SMILES string of the molecule is C.C.C.C.C.C.C.C.C.C.C.C.C.C.C=C(C)C(=O)OCCC[Si](C)(C)O[Si](C)(CCCCCO)O[Si](C)(C)CCCOCCOC.C=O. The van der Waals surface area contributed by atoms with Crippen molar-refractivity contribution in [1.29, 1.82) is 0 Å². The van der Waals surface area contributed by atoms with Crippen LogP contribution in [-0.2, 0) is 32.0 Å². The zero-order valence-corrected chi connectivity index (χ0v) is 26.4. The third-order valence-electron chi connectivity index (χ3n) is 5.28. The van der Waals surface area contributed by atoms with Gasteiger partial charge in [-0.15, -0.1) is 0 Å². The zero-order chi connectivity index (χ0) is 27.4. The van der Waals surface area contributed by atoms with E-state index in [-0.39, 0.29) is 117 Å². The van der Waals surface area contributed by atoms with Gasteiger partial charge in [0.05, 0.1) is 19.8 Å². The van der Waals surface area contributed by atoms with Crippen LogP contribution in [0, 0.1) is 0 Å². The van der Waals surface area contributed by atoms with Crippen LogP contribution in [0.25, 0.3) is 0 Å². The lowest BCUT2D eigenvalue weighted by Gasteiger charge is -2.41. The molecular formula is C38H108O8Si3. The second-order valence-electron chi connectivity index (χ2n) is 10.1. The number of carbonyl (C=O) groups excluding carboxylic acids is 2. The lowest BCUT2D eigenvalue weighted by Crippen LogP contribution is -2.54. The maximum atomic E-state index is 11.6. The third-order valence-corrected chi connectivity index (χ3v) is 17.5. The Balaban J connectivity index is -0.0000000476. The summed E-state index contributed by atoms with van der Waals surface area (Å²) in [4.78, 5) is 19.6. The minimum Gasteiger partial charge on any atom is -0.462 e. The molecule has 0 aromatic carbocycles. The molecule has 320 valence electrons. The van der Waals surface area contributed by atoms with Crippen molar-refractivity contribution in [3.63, 3.8) is 0 Å². The Morgan fingerprint density at radius 1 is 0.571 bits per heavy atom. The highest BCUT2D eigenvalue weighted by molar-refractivity contribution is 6.88. The number of carbonyl (C=O) groups is 2. The second kappa shape index (κ2) is 59.5. The van der Waals surface area contributed by atoms with Crippen molar-refractivity contribution in [3.8, 4) is 0 Å². The van der Waals surface area contributed by atoms with Crippen LogP contribution in [0.4, 0.5) is 0 Å². The van der Waals surface area contributed by atoms with Gasteiger partial charge in [0.15, 0.2) is 16.6 Å². The topological polar surface area (TPSA) is 101 Å². The number of ether oxygens (including phenoxy) is 3. The molecule has 0 aromatic rings. The molecular weight excluding hydrogens is 669 g/mol. The molecule has 1 N–H and O–H groups in total. The first-order valence-electron chi connectivity index (χ1n) is 12.6. The first-order chi connectivity index (χ1) is 16.4. The van der Waals surface area contributed by atoms with Crippen LogP contribution < -0.4 is 0 Å². The molecule has 0 rings (SSSR count). The van der Waals surface area contributed by atoms with Gasteiger partial charge in [-0.25, -0.2) is 4.79 Å². The molecule has 11 heteroatoms. The van der Waals surface area contributed by atoms with E-state index in [1.165, 1.54) is 0 Å². The summed E-state index contributed by atoms with van der Waals surface area (Å²) in [7, 11) is -4.64. The standard InChI is InChI=1S/C23H50O7Si3.CH2O.14CH4/c1-22(2)23(25)28-16-13-20-32(6,7)30-33(8,21-11-9-10-14-24)29-31(4,5)19-12-15-27-18-17-26-3;1-2;;;;;;;;;;;;;;/h24H,1,9-21H2,2-8H3;1H2;14*1H4. The maximum Gasteiger partial charge on any atom is 0.333 e. The van der Waals surface area contributed by atoms with Crippen molar-refractivity contribution in [2.24, 2.45) is 0 Å². The van der Waals surface area contributed by atoms with Crippen molar-refractivity contribution >= 4 is 38.0 Å². The number of aliphatic hydroxyl groups is 1. The van der Waals surface area contributed by atoms with Gasteiger partial charge >= 0.3 is 14.5 Å². The minimum atomic E-state index is -2.39. The van der Waals surface area contributed by atoms with E-state index in [1.807, 2.05) is 6.79 Å². The van der Waals surface area contributed by atoms with Gasteiger partial charge in [-0.1, -0.05) is 123 Å². The van der Waals surface area contributed by atoms with Crippen LogP contribution >= 0.6 is 0 Å². The summed E-state index contributed by atoms with van der Waals surface area (Å²) in [6.45, 7) is 21.1. The first-order valence-corrected chi connectivity index (χ1v) is 21.3. The molecule has 1 atom stereocenters. The highest BCUT2D eigenvalue weighted by atomic mass is 28.5. The fraction of sp³-hybridized carbons (Fsp3) is 0.895. The summed E-state index contributed by atoms with van der Waals surface area (Å²) in [6.07, 6.45) is 4.58. The molecule has 0 aliphatic carbocycles. The Morgan fingerprint density at radius 3 is 1.31 bits per heavy atom. The largest absolute Gasteiger partial charge is 0.462 e. The van der Waals surface area contributed by atoms with Gasteiger partial charge in [0.1, 0.15) is 6.79 Å². The predicted molar refractivity (Wildman–Crippen MR) is 243 cm³/mol. The molecule has 0 amide bonds. The van der Waals surface area contributed by atoms with E-state index in [0.717, 1.165) is 56.8 Å². The van der Waals surface area contributed by atoms with E-state index < -0.39 is 25.2 Å². The van der Waals surface area contributed by atoms with E-state index in [0.29, 0.717) is 25.4 Å². The molecule has 0 bridgehead atoms. The molecule has 8 nitrogen and oxygen atoms in total. The number of aliphatic hydroxyl groups excluding tert-OH is 1. The second-order valence-corrected chi connectivity index (χ2v) is 22.6. The highest BCUT2D eigenvalue weighted by Crippen LogP contribution is 2.30. The Morgan fingerprint density at radius 2 is 0.959 bits per heavy atom. The molecule has 0 aliphatic rings. The molecule has 0 saturated heterocycles. The predicted octanol–water partition coefficient (Wildman–Crippen LogP) is 13.9. The molecule has 0 heterocycles. The van der Waals surface area contributed by atoms with Crippen molar-refractivity contribution in [3.05, 3.63) is 12.2 Å². The molecule has 0 spiro atoms. The van der Waals surface area contributed by atoms with Gasteiger partial charge in [-0.05, 0) is 77.1 Å². The highest BCUT2D eigenvalue weighted by Gasteiger charge is 2.42. The lowest BCUT2D eigenvalue weighted by molar-refractivity contribution is -0.138. The van der Waals surface area contributed by atoms with Crippen molar-refractivity contribution in [2.45, 2.75) is 194 Å². The normalized spacial score (nSPS) is 9.63. The Hall–Kier alpha value is -0.669. The Kier molecular flexibility index (Phi) is 126. The Labute approximate surface area is 320 Å². The average Bonchev–Trinajstić information content (AvgIpc) is 2.77. The van der Waals surface area contributed by atoms with Crippen LogP contribution in [0.5, 0.6) is 0 Å². The van der Waals surface area contributed by atoms with Crippen molar-refractivity contribution in [2.75, 3.05) is 40.1 Å². The van der Waals surface area contributed by atoms with E-state index in [4.69, 9.17) is 32.3 Å². The summed E-state index contributed by atoms with van der Waals surface area (Å²) < 4.78 is 29.7. The number of rotatable bonds is 21. The minimum absolute atomic E-state index is 0. The Bertz CT molecular complexity index is 581. The number of hydrogen-bond acceptors (Lipinski definition) is 8. The summed E-state index contributed by atoms with van der Waals surface area (Å²) >= 11 is 0. The van der Waals surface area contributed by atoms with Gasteiger partial charge in [0.25, 0.3) is 0 Å². The van der Waals surface area contributed by atoms with Crippen molar-refractivity contribution in [1.82, 2.24) is 0 Å². The lowest BCUT2D eigenvalue weighted by atomic mass is 10.3. The number of methoxy groups -OCH3 is 1. The summed E-state index contributed by atoms with van der Waals surface area (Å²) in [5.74, 6) is -0.333. The molecule has 0 fully saturated rings. The molecule has 49 heavy (non-hydrogen) atoms. The maximum absolute atomic E-state index is 11.6. The van der Waals surface area contributed by atoms with Crippen LogP contribution in [0.15, 0.2) is 12.2 Å². The molecule has 0 radical (unpaired) electrons. The first kappa shape index (κ1) is 104. The van der Waals surface area contributed by atoms with E-state index >= 15 is 0 Å². The van der Waals surface area contributed by atoms with Gasteiger partial charge < -0.3 is 32.3 Å². The average molecular weight is 778 g/mol. The molecule has 1 unspecified atom stereocenters. The fourth-order valence-corrected chi connectivity index (χ4v) is 18.2. The number of hydrogen-bond donors (Lipinski definition) is 1. The summed E-state index contributed by atoms with van der Waals surface area (Å²) in [5.41, 5.74) is 0.426. The van der Waals surface area contributed by atoms with Crippen LogP contribution in [0.3, 0.4) is 0 Å². The fourth-order valence-electron chi connectivity index (χ4n) is 3.76. The zero-order valence-electron chi connectivity index (χ0n) is 23.4. The molecule has 0 aromatic heterocycles. The quantitative estimate of drug-likeness (QED) is 0.0532. The van der Waals surface area contributed by atoms with Crippen molar-refractivity contribution < 1.29 is 37.1 Å². The molecule has 0 saturated carbocycles. The van der Waals surface area contributed by atoms with E-state index in [2.05, 4.69) is 39.3 Å². The van der Waals surface area contributed by atoms with Crippen LogP contribution in [0.2, 0.25) is 50.9 Å². The summed E-state index contributed by atoms with van der Waals surface area (Å²) in [6, 6.07) is 2.88. The van der Waals surface area contributed by atoms with Gasteiger partial charge in [0.2, 0.25) is 0 Å². The third kappa shape index (κ3) is 62.9. The van der Waals surface area contributed by atoms with Gasteiger partial charge in [-0.2, -0.15) is 0 Å². The number of esters is 1. The van der Waals surface area contributed by atoms with Gasteiger partial charge in [-0.3, -0.25) is 0 Å². The smallest absolute Gasteiger partial charge is 0.333 e. The van der Waals surface area contributed by atoms with Gasteiger partial charge in [0, 0.05) is 25.9 Å². The van der Waals surface area contributed by atoms with E-state index in [9.17, 15) is 4.79 Å².